The maximum Gasteiger partial charge on any atom is 0.335 e. The van der Waals surface area contributed by atoms with Crippen LogP contribution in [0.25, 0.3) is 10.9 Å². The summed E-state index contributed by atoms with van der Waals surface area (Å²) in [6.45, 7) is 6.69. The van der Waals surface area contributed by atoms with E-state index in [0.29, 0.717) is 11.6 Å². The Kier molecular flexibility index (Phi) is 3.37. The van der Waals surface area contributed by atoms with Crippen LogP contribution in [0.15, 0.2) is 30.9 Å². The van der Waals surface area contributed by atoms with Crippen molar-refractivity contribution in [2.45, 2.75) is 13.8 Å². The largest absolute Gasteiger partial charge is 0.419 e. The summed E-state index contributed by atoms with van der Waals surface area (Å²) in [6, 6.07) is 5.64. The van der Waals surface area contributed by atoms with E-state index in [-0.39, 0.29) is 5.91 Å². The number of esters is 1. The van der Waals surface area contributed by atoms with Gasteiger partial charge in [0.25, 0.3) is 0 Å². The molecule has 0 radical (unpaired) electrons. The lowest BCUT2D eigenvalue weighted by molar-refractivity contribution is -0.128. The number of ether oxygens (including phenoxy) is 1. The second-order valence-electron chi connectivity index (χ2n) is 4.18. The molecule has 0 aliphatic heterocycles. The van der Waals surface area contributed by atoms with Crippen molar-refractivity contribution < 1.29 is 14.3 Å². The van der Waals surface area contributed by atoms with Crippen LogP contribution in [0.1, 0.15) is 12.5 Å². The first-order valence-corrected chi connectivity index (χ1v) is 5.75. The average Bonchev–Trinajstić information content (AvgIpc) is 2.65. The Morgan fingerprint density at radius 3 is 2.79 bits per heavy atom. The predicted molar refractivity (Wildman–Crippen MR) is 73.2 cm³/mol. The number of aromatic amines is 1. The molecule has 0 saturated carbocycles. The maximum absolute atomic E-state index is 11.4. The molecule has 1 aromatic carbocycles. The number of anilines is 1. The van der Waals surface area contributed by atoms with Gasteiger partial charge in [0.1, 0.15) is 0 Å². The van der Waals surface area contributed by atoms with Gasteiger partial charge in [0.15, 0.2) is 11.6 Å². The van der Waals surface area contributed by atoms with Crippen molar-refractivity contribution in [3.63, 3.8) is 0 Å². The first-order valence-electron chi connectivity index (χ1n) is 5.75. The zero-order valence-corrected chi connectivity index (χ0v) is 10.7. The lowest BCUT2D eigenvalue weighted by Gasteiger charge is -2.04. The van der Waals surface area contributed by atoms with Gasteiger partial charge in [-0.2, -0.15) is 0 Å². The van der Waals surface area contributed by atoms with Crippen molar-refractivity contribution in [2.24, 2.45) is 0 Å². The number of aromatic nitrogens is 1. The van der Waals surface area contributed by atoms with Gasteiger partial charge < -0.3 is 15.0 Å². The molecular formula is C14H14N2O3. The van der Waals surface area contributed by atoms with E-state index in [9.17, 15) is 9.59 Å². The van der Waals surface area contributed by atoms with Crippen LogP contribution >= 0.6 is 0 Å². The van der Waals surface area contributed by atoms with Crippen molar-refractivity contribution in [1.82, 2.24) is 4.98 Å². The predicted octanol–water partition coefficient (Wildman–Crippen LogP) is 2.53. The van der Waals surface area contributed by atoms with Gasteiger partial charge in [0, 0.05) is 18.4 Å². The number of carbonyl (C=O) groups excluding carboxylic acids is 2. The Morgan fingerprint density at radius 1 is 1.42 bits per heavy atom. The van der Waals surface area contributed by atoms with Gasteiger partial charge in [-0.1, -0.05) is 12.6 Å². The Morgan fingerprint density at radius 2 is 2.16 bits per heavy atom. The van der Waals surface area contributed by atoms with Gasteiger partial charge in [0.05, 0.1) is 5.52 Å². The Hall–Kier alpha value is -2.56. The number of carbonyl (C=O) groups is 2. The second-order valence-corrected chi connectivity index (χ2v) is 4.18. The van der Waals surface area contributed by atoms with Gasteiger partial charge in [-0.05, 0) is 24.6 Å². The third-order valence-electron chi connectivity index (χ3n) is 2.58. The van der Waals surface area contributed by atoms with Gasteiger partial charge in [-0.25, -0.2) is 4.79 Å². The van der Waals surface area contributed by atoms with Gasteiger partial charge in [0.2, 0.25) is 5.91 Å². The molecular weight excluding hydrogens is 244 g/mol. The summed E-state index contributed by atoms with van der Waals surface area (Å²) in [5, 5.41) is 3.33. The molecule has 98 valence electrons. The first kappa shape index (κ1) is 12.9. The second kappa shape index (κ2) is 4.97. The van der Waals surface area contributed by atoms with Crippen LogP contribution in [0.2, 0.25) is 0 Å². The minimum Gasteiger partial charge on any atom is -0.419 e. The number of hydrogen-bond donors (Lipinski definition) is 2. The number of fused-ring (bicyclic) bond motifs is 1. The number of aryl methyl sites for hydroxylation is 1. The molecule has 0 fully saturated rings. The number of rotatable bonds is 3. The first-order chi connectivity index (χ1) is 9.01. The fourth-order valence-electron chi connectivity index (χ4n) is 1.80. The lowest BCUT2D eigenvalue weighted by Crippen LogP contribution is -2.09. The number of hydrogen-bond acceptors (Lipinski definition) is 3. The molecule has 5 nitrogen and oxygen atoms in total. The molecule has 1 aromatic heterocycles. The zero-order valence-electron chi connectivity index (χ0n) is 10.7. The van der Waals surface area contributed by atoms with Crippen molar-refractivity contribution in [1.29, 1.82) is 0 Å². The summed E-state index contributed by atoms with van der Waals surface area (Å²) in [5.41, 5.74) is 1.85. The molecule has 1 heterocycles. The molecule has 0 aliphatic carbocycles. The zero-order chi connectivity index (χ0) is 14.0. The van der Waals surface area contributed by atoms with Crippen LogP contribution in [0, 0.1) is 6.92 Å². The molecule has 0 aliphatic rings. The molecule has 1 amide bonds. The van der Waals surface area contributed by atoms with E-state index >= 15 is 0 Å². The highest BCUT2D eigenvalue weighted by Gasteiger charge is 2.16. The van der Waals surface area contributed by atoms with E-state index < -0.39 is 5.97 Å². The lowest BCUT2D eigenvalue weighted by atomic mass is 10.2. The third kappa shape index (κ3) is 2.65. The van der Waals surface area contributed by atoms with E-state index in [0.717, 1.165) is 22.5 Å². The highest BCUT2D eigenvalue weighted by atomic mass is 16.5. The quantitative estimate of drug-likeness (QED) is 0.656. The summed E-state index contributed by atoms with van der Waals surface area (Å²) >= 11 is 0. The Balaban J connectivity index is 2.57. The maximum atomic E-state index is 11.4. The molecule has 2 aromatic rings. The van der Waals surface area contributed by atoms with Crippen molar-refractivity contribution in [2.75, 3.05) is 5.32 Å². The van der Waals surface area contributed by atoms with Crippen LogP contribution < -0.4 is 10.1 Å². The number of nitrogens with one attached hydrogen (secondary N) is 2. The van der Waals surface area contributed by atoms with Crippen LogP contribution in [0.5, 0.6) is 5.75 Å². The summed E-state index contributed by atoms with van der Waals surface area (Å²) in [5.74, 6) is -0.161. The smallest absolute Gasteiger partial charge is 0.335 e. The molecule has 0 unspecified atom stereocenters. The van der Waals surface area contributed by atoms with Crippen molar-refractivity contribution >= 4 is 28.6 Å². The summed E-state index contributed by atoms with van der Waals surface area (Å²) in [7, 11) is 0. The highest BCUT2D eigenvalue weighted by molar-refractivity contribution is 6.00. The fourth-order valence-corrected chi connectivity index (χ4v) is 1.80. The molecule has 2 rings (SSSR count). The van der Waals surface area contributed by atoms with Crippen LogP contribution in [-0.2, 0) is 9.59 Å². The summed E-state index contributed by atoms with van der Waals surface area (Å²) in [6.07, 6.45) is 1.07. The van der Waals surface area contributed by atoms with Gasteiger partial charge >= 0.3 is 5.97 Å². The number of amides is 1. The summed E-state index contributed by atoms with van der Waals surface area (Å²) in [4.78, 5) is 25.6. The Bertz CT molecular complexity index is 671. The normalized spacial score (nSPS) is 10.2. The van der Waals surface area contributed by atoms with Crippen LogP contribution in [0.3, 0.4) is 0 Å². The molecule has 0 bridgehead atoms. The topological polar surface area (TPSA) is 71.2 Å². The molecule has 2 N–H and O–H groups in total. The fraction of sp³-hybridized carbons (Fsp3) is 0.143. The standard InChI is InChI=1S/C14H14N2O3/c1-4-12(18)19-13-10-6-5-8(2)7-11(10)16-14(13)15-9(3)17/h4-7,16H,1H2,2-3H3,(H,15,17). The van der Waals surface area contributed by atoms with Crippen LogP contribution in [0.4, 0.5) is 5.82 Å². The highest BCUT2D eigenvalue weighted by Crippen LogP contribution is 2.34. The Labute approximate surface area is 110 Å². The van der Waals surface area contributed by atoms with E-state index in [2.05, 4.69) is 16.9 Å². The molecule has 5 heteroatoms. The third-order valence-corrected chi connectivity index (χ3v) is 2.58. The molecule has 0 saturated heterocycles. The minimum atomic E-state index is -0.576. The monoisotopic (exact) mass is 258 g/mol. The van der Waals surface area contributed by atoms with Crippen LogP contribution in [-0.4, -0.2) is 16.9 Å². The van der Waals surface area contributed by atoms with E-state index in [1.165, 1.54) is 6.92 Å². The van der Waals surface area contributed by atoms with Crippen molar-refractivity contribution in [3.05, 3.63) is 36.4 Å². The van der Waals surface area contributed by atoms with Crippen molar-refractivity contribution in [3.8, 4) is 5.75 Å². The van der Waals surface area contributed by atoms with Gasteiger partial charge in [-0.15, -0.1) is 0 Å². The molecule has 0 atom stereocenters. The number of benzene rings is 1. The SMILES string of the molecule is C=CC(=O)Oc1c(NC(C)=O)[nH]c2cc(C)ccc12. The minimum absolute atomic E-state index is 0.251. The number of H-pyrrole nitrogens is 1. The van der Waals surface area contributed by atoms with E-state index in [1.54, 1.807) is 0 Å². The van der Waals surface area contributed by atoms with Gasteiger partial charge in [-0.3, -0.25) is 4.79 Å². The molecule has 19 heavy (non-hydrogen) atoms. The van der Waals surface area contributed by atoms with E-state index in [4.69, 9.17) is 4.74 Å². The summed E-state index contributed by atoms with van der Waals surface area (Å²) < 4.78 is 5.19. The van der Waals surface area contributed by atoms with E-state index in [1.807, 2.05) is 25.1 Å². The molecule has 0 spiro atoms. The average molecular weight is 258 g/mol.